The normalized spacial score (nSPS) is 12.8. The van der Waals surface area contributed by atoms with Crippen molar-refractivity contribution in [2.24, 2.45) is 0 Å². The van der Waals surface area contributed by atoms with E-state index in [0.717, 1.165) is 10.6 Å². The Balaban J connectivity index is 2.53. The fourth-order valence-electron chi connectivity index (χ4n) is 2.13. The largest absolute Gasteiger partial charge is 0.444 e. The molecule has 24 heavy (non-hydrogen) atoms. The van der Waals surface area contributed by atoms with Crippen molar-refractivity contribution >= 4 is 17.7 Å². The van der Waals surface area contributed by atoms with Crippen molar-refractivity contribution in [2.45, 2.75) is 39.3 Å². The Labute approximate surface area is 150 Å². The molecule has 0 fully saturated rings. The van der Waals surface area contributed by atoms with Crippen LogP contribution in [0.25, 0.3) is 0 Å². The van der Waals surface area contributed by atoms with Crippen LogP contribution in [0.5, 0.6) is 0 Å². The van der Waals surface area contributed by atoms with Crippen LogP contribution in [0, 0.1) is 0 Å². The summed E-state index contributed by atoms with van der Waals surface area (Å²) in [5.41, 5.74) is 0.604. The molecule has 1 aromatic rings. The zero-order valence-electron chi connectivity index (χ0n) is 15.3. The summed E-state index contributed by atoms with van der Waals surface area (Å²) in [4.78, 5) is 13.9. The van der Waals surface area contributed by atoms with Crippen LogP contribution in [0.4, 0.5) is 4.79 Å². The van der Waals surface area contributed by atoms with Crippen molar-refractivity contribution < 1.29 is 14.3 Å². The second-order valence-corrected chi connectivity index (χ2v) is 7.13. The first-order valence-electron chi connectivity index (χ1n) is 8.18. The van der Waals surface area contributed by atoms with E-state index in [1.807, 2.05) is 45.0 Å². The zero-order chi connectivity index (χ0) is 18.2. The Morgan fingerprint density at radius 2 is 2.04 bits per heavy atom. The van der Waals surface area contributed by atoms with Crippen LogP contribution in [0.3, 0.4) is 0 Å². The van der Waals surface area contributed by atoms with Gasteiger partial charge in [-0.25, -0.2) is 4.79 Å². The number of ether oxygens (including phenoxy) is 2. The molecule has 1 atom stereocenters. The van der Waals surface area contributed by atoms with Crippen LogP contribution in [0.15, 0.2) is 24.3 Å². The maximum Gasteiger partial charge on any atom is 0.410 e. The molecule has 0 spiro atoms. The molecule has 0 heterocycles. The molecule has 0 bridgehead atoms. The van der Waals surface area contributed by atoms with Gasteiger partial charge < -0.3 is 19.7 Å². The van der Waals surface area contributed by atoms with E-state index in [1.165, 1.54) is 0 Å². The van der Waals surface area contributed by atoms with Crippen LogP contribution in [0.2, 0.25) is 5.02 Å². The van der Waals surface area contributed by atoms with Crippen LogP contribution in [-0.4, -0.2) is 49.9 Å². The smallest absolute Gasteiger partial charge is 0.410 e. The van der Waals surface area contributed by atoms with Gasteiger partial charge in [0.05, 0.1) is 6.61 Å². The second-order valence-electron chi connectivity index (χ2n) is 6.69. The summed E-state index contributed by atoms with van der Waals surface area (Å²) >= 11 is 6.02. The van der Waals surface area contributed by atoms with Crippen molar-refractivity contribution in [1.29, 1.82) is 0 Å². The summed E-state index contributed by atoms with van der Waals surface area (Å²) in [7, 11) is 1.62. The van der Waals surface area contributed by atoms with Crippen LogP contribution >= 0.6 is 11.6 Å². The quantitative estimate of drug-likeness (QED) is 0.768. The molecule has 0 saturated heterocycles. The number of hydrogen-bond donors (Lipinski definition) is 1. The highest BCUT2D eigenvalue weighted by Gasteiger charge is 2.21. The molecule has 0 aromatic heterocycles. The average Bonchev–Trinajstić information content (AvgIpc) is 2.48. The predicted octanol–water partition coefficient (Wildman–Crippen LogP) is 3.87. The van der Waals surface area contributed by atoms with E-state index < -0.39 is 5.60 Å². The van der Waals surface area contributed by atoms with E-state index in [2.05, 4.69) is 12.2 Å². The van der Waals surface area contributed by atoms with E-state index in [0.29, 0.717) is 26.2 Å². The molecular weight excluding hydrogens is 328 g/mol. The van der Waals surface area contributed by atoms with Gasteiger partial charge in [-0.1, -0.05) is 23.7 Å². The van der Waals surface area contributed by atoms with Gasteiger partial charge in [-0.15, -0.1) is 0 Å². The van der Waals surface area contributed by atoms with Gasteiger partial charge in [-0.3, -0.25) is 0 Å². The fraction of sp³-hybridized carbons (Fsp3) is 0.611. The Bertz CT molecular complexity index is 517. The number of benzene rings is 1. The van der Waals surface area contributed by atoms with Gasteiger partial charge >= 0.3 is 6.09 Å². The third-order valence-electron chi connectivity index (χ3n) is 3.40. The lowest BCUT2D eigenvalue weighted by Gasteiger charge is -2.28. The van der Waals surface area contributed by atoms with Crippen molar-refractivity contribution in [3.8, 4) is 0 Å². The highest BCUT2D eigenvalue weighted by atomic mass is 35.5. The van der Waals surface area contributed by atoms with Crippen molar-refractivity contribution in [2.75, 3.05) is 33.4 Å². The molecule has 6 heteroatoms. The predicted molar refractivity (Wildman–Crippen MR) is 97.6 cm³/mol. The van der Waals surface area contributed by atoms with E-state index in [4.69, 9.17) is 21.1 Å². The number of hydrogen-bond acceptors (Lipinski definition) is 4. The minimum Gasteiger partial charge on any atom is -0.444 e. The van der Waals surface area contributed by atoms with Crippen LogP contribution in [-0.2, 0) is 9.47 Å². The Kier molecular flexibility index (Phi) is 8.53. The van der Waals surface area contributed by atoms with E-state index in [-0.39, 0.29) is 12.1 Å². The summed E-state index contributed by atoms with van der Waals surface area (Å²) in [5, 5.41) is 4.12. The summed E-state index contributed by atoms with van der Waals surface area (Å²) in [5.74, 6) is 0. The molecule has 0 radical (unpaired) electrons. The monoisotopic (exact) mass is 356 g/mol. The molecule has 0 saturated carbocycles. The molecular formula is C18H29ClN2O3. The van der Waals surface area contributed by atoms with Crippen molar-refractivity contribution in [3.63, 3.8) is 0 Å². The third kappa shape index (κ3) is 7.99. The molecule has 0 aliphatic carbocycles. The van der Waals surface area contributed by atoms with E-state index in [1.54, 1.807) is 12.0 Å². The van der Waals surface area contributed by atoms with E-state index >= 15 is 0 Å². The van der Waals surface area contributed by atoms with Gasteiger partial charge in [0.2, 0.25) is 0 Å². The molecule has 136 valence electrons. The molecule has 1 unspecified atom stereocenters. The lowest BCUT2D eigenvalue weighted by molar-refractivity contribution is 0.0203. The minimum atomic E-state index is -0.510. The maximum absolute atomic E-state index is 12.3. The lowest BCUT2D eigenvalue weighted by atomic mass is 10.1. The molecule has 5 nitrogen and oxygen atoms in total. The van der Waals surface area contributed by atoms with Gasteiger partial charge in [-0.05, 0) is 45.4 Å². The Morgan fingerprint density at radius 1 is 1.33 bits per heavy atom. The van der Waals surface area contributed by atoms with Gasteiger partial charge in [0, 0.05) is 37.8 Å². The van der Waals surface area contributed by atoms with Crippen LogP contribution in [0.1, 0.15) is 39.3 Å². The number of amides is 1. The van der Waals surface area contributed by atoms with Gasteiger partial charge in [0.15, 0.2) is 0 Å². The summed E-state index contributed by atoms with van der Waals surface area (Å²) in [6.45, 7) is 9.82. The van der Waals surface area contributed by atoms with Crippen molar-refractivity contribution in [3.05, 3.63) is 34.9 Å². The average molecular weight is 357 g/mol. The fourth-order valence-corrected chi connectivity index (χ4v) is 2.33. The zero-order valence-corrected chi connectivity index (χ0v) is 16.0. The molecule has 1 amide bonds. The highest BCUT2D eigenvalue weighted by Crippen LogP contribution is 2.17. The standard InChI is InChI=1S/C18H29ClN2O3/c1-14(15-7-6-8-16(19)13-15)20-9-10-21(11-12-23-5)17(22)24-18(2,3)4/h6-8,13-14,20H,9-12H2,1-5H3. The summed E-state index contributed by atoms with van der Waals surface area (Å²) in [6, 6.07) is 7.90. The van der Waals surface area contributed by atoms with Gasteiger partial charge in [0.1, 0.15) is 5.60 Å². The lowest BCUT2D eigenvalue weighted by Crippen LogP contribution is -2.42. The number of methoxy groups -OCH3 is 1. The molecule has 1 aromatic carbocycles. The van der Waals surface area contributed by atoms with Crippen LogP contribution < -0.4 is 5.32 Å². The first kappa shape index (κ1) is 20.7. The number of nitrogens with zero attached hydrogens (tertiary/aromatic N) is 1. The Hall–Kier alpha value is -1.30. The number of carbonyl (C=O) groups is 1. The van der Waals surface area contributed by atoms with Gasteiger partial charge in [0.25, 0.3) is 0 Å². The molecule has 0 aliphatic heterocycles. The van der Waals surface area contributed by atoms with Crippen molar-refractivity contribution in [1.82, 2.24) is 10.2 Å². The first-order valence-corrected chi connectivity index (χ1v) is 8.56. The Morgan fingerprint density at radius 3 is 2.62 bits per heavy atom. The number of rotatable bonds is 8. The SMILES string of the molecule is COCCN(CCNC(C)c1cccc(Cl)c1)C(=O)OC(C)(C)C. The molecule has 1 N–H and O–H groups in total. The second kappa shape index (κ2) is 9.87. The highest BCUT2D eigenvalue weighted by molar-refractivity contribution is 6.30. The summed E-state index contributed by atoms with van der Waals surface area (Å²) in [6.07, 6.45) is -0.322. The van der Waals surface area contributed by atoms with Gasteiger partial charge in [-0.2, -0.15) is 0 Å². The first-order chi connectivity index (χ1) is 11.2. The topological polar surface area (TPSA) is 50.8 Å². The maximum atomic E-state index is 12.3. The molecule has 1 rings (SSSR count). The summed E-state index contributed by atoms with van der Waals surface area (Å²) < 4.78 is 10.5. The molecule has 0 aliphatic rings. The number of nitrogens with one attached hydrogen (secondary N) is 1. The number of carbonyl (C=O) groups excluding carboxylic acids is 1. The van der Waals surface area contributed by atoms with E-state index in [9.17, 15) is 4.79 Å². The third-order valence-corrected chi connectivity index (χ3v) is 3.63. The number of halogens is 1. The minimum absolute atomic E-state index is 0.145.